The van der Waals surface area contributed by atoms with Crippen LogP contribution in [0.25, 0.3) is 0 Å². The first-order valence-electron chi connectivity index (χ1n) is 6.70. The lowest BCUT2D eigenvalue weighted by Gasteiger charge is -2.30. The van der Waals surface area contributed by atoms with Crippen LogP contribution >= 0.6 is 0 Å². The maximum absolute atomic E-state index is 11.1. The third-order valence-corrected chi connectivity index (χ3v) is 3.92. The average molecular weight is 268 g/mol. The number of hydrogen-bond acceptors (Lipinski definition) is 2. The number of fused-ring (bicyclic) bond motifs is 1. The molecule has 0 bridgehead atoms. The van der Waals surface area contributed by atoms with Crippen LogP contribution in [0.3, 0.4) is 0 Å². The summed E-state index contributed by atoms with van der Waals surface area (Å²) in [6, 6.07) is 13.5. The zero-order valence-electron chi connectivity index (χ0n) is 11.3. The van der Waals surface area contributed by atoms with E-state index in [0.29, 0.717) is 29.4 Å². The molecule has 0 heterocycles. The van der Waals surface area contributed by atoms with E-state index in [0.717, 1.165) is 6.42 Å². The molecule has 1 N–H and O–H groups in total. The highest BCUT2D eigenvalue weighted by molar-refractivity contribution is 5.90. The molecule has 1 atom stereocenters. The van der Waals surface area contributed by atoms with Gasteiger partial charge in [0.1, 0.15) is 5.75 Å². The van der Waals surface area contributed by atoms with Crippen LogP contribution in [-0.4, -0.2) is 17.7 Å². The summed E-state index contributed by atoms with van der Waals surface area (Å²) in [7, 11) is 0. The van der Waals surface area contributed by atoms with E-state index in [4.69, 9.17) is 9.84 Å². The van der Waals surface area contributed by atoms with Gasteiger partial charge < -0.3 is 9.84 Å². The first-order valence-corrected chi connectivity index (χ1v) is 6.70. The van der Waals surface area contributed by atoms with Gasteiger partial charge in [-0.25, -0.2) is 4.79 Å². The van der Waals surface area contributed by atoms with Gasteiger partial charge in [0.05, 0.1) is 12.2 Å². The molecule has 0 fully saturated rings. The fraction of sp³-hybridized carbons (Fsp3) is 0.235. The molecular weight excluding hydrogens is 252 g/mol. The molecule has 3 nitrogen and oxygen atoms in total. The topological polar surface area (TPSA) is 46.5 Å². The van der Waals surface area contributed by atoms with Crippen LogP contribution in [0, 0.1) is 6.92 Å². The Bertz CT molecular complexity index is 661. The Labute approximate surface area is 117 Å². The van der Waals surface area contributed by atoms with Gasteiger partial charge in [-0.15, -0.1) is 0 Å². The number of rotatable bonds is 4. The van der Waals surface area contributed by atoms with Crippen LogP contribution in [-0.2, 0) is 6.42 Å². The third-order valence-electron chi connectivity index (χ3n) is 3.92. The van der Waals surface area contributed by atoms with E-state index in [1.54, 1.807) is 19.1 Å². The van der Waals surface area contributed by atoms with E-state index < -0.39 is 5.97 Å². The number of hydrogen-bond donors (Lipinski definition) is 1. The normalized spacial score (nSPS) is 16.1. The largest absolute Gasteiger partial charge is 0.493 e. The summed E-state index contributed by atoms with van der Waals surface area (Å²) in [4.78, 5) is 11.1. The number of benzene rings is 2. The molecule has 2 aromatic carbocycles. The van der Waals surface area contributed by atoms with Crippen molar-refractivity contribution in [2.75, 3.05) is 6.61 Å². The molecule has 1 aliphatic carbocycles. The second-order valence-corrected chi connectivity index (χ2v) is 5.14. The van der Waals surface area contributed by atoms with Crippen molar-refractivity contribution in [1.82, 2.24) is 0 Å². The second kappa shape index (κ2) is 5.00. The van der Waals surface area contributed by atoms with E-state index in [2.05, 4.69) is 18.2 Å². The molecule has 0 aromatic heterocycles. The Morgan fingerprint density at radius 2 is 2.05 bits per heavy atom. The van der Waals surface area contributed by atoms with Gasteiger partial charge in [0.15, 0.2) is 0 Å². The van der Waals surface area contributed by atoms with Crippen molar-refractivity contribution in [2.24, 2.45) is 0 Å². The van der Waals surface area contributed by atoms with Gasteiger partial charge in [-0.2, -0.15) is 0 Å². The van der Waals surface area contributed by atoms with Crippen LogP contribution in [0.4, 0.5) is 0 Å². The monoisotopic (exact) mass is 268 g/mol. The predicted octanol–water partition coefficient (Wildman–Crippen LogP) is 3.41. The standard InChI is InChI=1S/C17H16O3/c1-11-14(17(18)19)7-4-8-16(11)20-10-13-9-12-5-2-3-6-15(12)13/h2-8,13H,9-10H2,1H3,(H,18,19). The zero-order chi connectivity index (χ0) is 14.1. The minimum absolute atomic E-state index is 0.302. The number of carboxylic acid groups (broad SMARTS) is 1. The summed E-state index contributed by atoms with van der Waals surface area (Å²) in [6.07, 6.45) is 1.04. The predicted molar refractivity (Wildman–Crippen MR) is 76.5 cm³/mol. The van der Waals surface area contributed by atoms with Gasteiger partial charge in [0.2, 0.25) is 0 Å². The first-order chi connectivity index (χ1) is 9.66. The van der Waals surface area contributed by atoms with Crippen LogP contribution in [0.15, 0.2) is 42.5 Å². The van der Waals surface area contributed by atoms with Crippen molar-refractivity contribution in [1.29, 1.82) is 0 Å². The average Bonchev–Trinajstić information content (AvgIpc) is 2.41. The van der Waals surface area contributed by atoms with Crippen molar-refractivity contribution >= 4 is 5.97 Å². The maximum atomic E-state index is 11.1. The van der Waals surface area contributed by atoms with E-state index in [-0.39, 0.29) is 0 Å². The van der Waals surface area contributed by atoms with Crippen molar-refractivity contribution < 1.29 is 14.6 Å². The van der Waals surface area contributed by atoms with Gasteiger partial charge >= 0.3 is 5.97 Å². The van der Waals surface area contributed by atoms with E-state index >= 15 is 0 Å². The van der Waals surface area contributed by atoms with Crippen LogP contribution in [0.1, 0.15) is 33.0 Å². The Kier molecular flexibility index (Phi) is 3.18. The Morgan fingerprint density at radius 1 is 1.25 bits per heavy atom. The highest BCUT2D eigenvalue weighted by atomic mass is 16.5. The fourth-order valence-electron chi connectivity index (χ4n) is 2.70. The zero-order valence-corrected chi connectivity index (χ0v) is 11.3. The Balaban J connectivity index is 1.72. The van der Waals surface area contributed by atoms with E-state index in [9.17, 15) is 4.79 Å². The number of aromatic carboxylic acids is 1. The minimum Gasteiger partial charge on any atom is -0.493 e. The Morgan fingerprint density at radius 3 is 2.80 bits per heavy atom. The number of carboxylic acids is 1. The lowest BCUT2D eigenvalue weighted by atomic mass is 9.78. The summed E-state index contributed by atoms with van der Waals surface area (Å²) in [6.45, 7) is 2.38. The minimum atomic E-state index is -0.915. The molecule has 20 heavy (non-hydrogen) atoms. The molecule has 0 saturated carbocycles. The molecule has 0 saturated heterocycles. The van der Waals surface area contributed by atoms with Crippen molar-refractivity contribution in [2.45, 2.75) is 19.3 Å². The quantitative estimate of drug-likeness (QED) is 0.924. The molecule has 0 spiro atoms. The summed E-state index contributed by atoms with van der Waals surface area (Å²) in [5.74, 6) is 0.162. The molecule has 3 heteroatoms. The molecule has 0 aliphatic heterocycles. The molecule has 1 unspecified atom stereocenters. The summed E-state index contributed by atoms with van der Waals surface area (Å²) in [5.41, 5.74) is 3.72. The lowest BCUT2D eigenvalue weighted by Crippen LogP contribution is -2.23. The maximum Gasteiger partial charge on any atom is 0.336 e. The number of carbonyl (C=O) groups is 1. The summed E-state index contributed by atoms with van der Waals surface area (Å²) < 4.78 is 5.83. The van der Waals surface area contributed by atoms with Gasteiger partial charge in [-0.1, -0.05) is 30.3 Å². The third kappa shape index (κ3) is 2.16. The van der Waals surface area contributed by atoms with Crippen LogP contribution in [0.5, 0.6) is 5.75 Å². The number of ether oxygens (including phenoxy) is 1. The lowest BCUT2D eigenvalue weighted by molar-refractivity contribution is 0.0695. The first kappa shape index (κ1) is 12.7. The van der Waals surface area contributed by atoms with Gasteiger partial charge in [-0.3, -0.25) is 0 Å². The molecule has 102 valence electrons. The van der Waals surface area contributed by atoms with Crippen molar-refractivity contribution in [3.63, 3.8) is 0 Å². The SMILES string of the molecule is Cc1c(OCC2Cc3ccccc32)cccc1C(=O)O. The fourth-order valence-corrected chi connectivity index (χ4v) is 2.70. The van der Waals surface area contributed by atoms with Gasteiger partial charge in [0, 0.05) is 11.5 Å². The summed E-state index contributed by atoms with van der Waals surface area (Å²) in [5, 5.41) is 9.10. The molecular formula is C17H16O3. The van der Waals surface area contributed by atoms with Crippen LogP contribution in [0.2, 0.25) is 0 Å². The van der Waals surface area contributed by atoms with Gasteiger partial charge in [0.25, 0.3) is 0 Å². The van der Waals surface area contributed by atoms with Crippen molar-refractivity contribution in [3.05, 3.63) is 64.7 Å². The molecule has 2 aromatic rings. The molecule has 0 amide bonds. The van der Waals surface area contributed by atoms with Gasteiger partial charge in [-0.05, 0) is 36.6 Å². The second-order valence-electron chi connectivity index (χ2n) is 5.14. The van der Waals surface area contributed by atoms with E-state index in [1.165, 1.54) is 11.1 Å². The molecule has 1 aliphatic rings. The summed E-state index contributed by atoms with van der Waals surface area (Å²) >= 11 is 0. The smallest absolute Gasteiger partial charge is 0.336 e. The van der Waals surface area contributed by atoms with Crippen LogP contribution < -0.4 is 4.74 Å². The molecule has 3 rings (SSSR count). The van der Waals surface area contributed by atoms with Crippen molar-refractivity contribution in [3.8, 4) is 5.75 Å². The highest BCUT2D eigenvalue weighted by Crippen LogP contribution is 2.35. The highest BCUT2D eigenvalue weighted by Gasteiger charge is 2.26. The Hall–Kier alpha value is -2.29. The van der Waals surface area contributed by atoms with E-state index in [1.807, 2.05) is 12.1 Å². The molecule has 0 radical (unpaired) electrons.